The molecule has 9 heteroatoms. The number of nitrogens with one attached hydrogen (secondary N) is 4. The molecule has 0 atom stereocenters. The molecule has 0 aliphatic carbocycles. The van der Waals surface area contributed by atoms with Gasteiger partial charge in [0.25, 0.3) is 11.8 Å². The lowest BCUT2D eigenvalue weighted by atomic mass is 10.1. The van der Waals surface area contributed by atoms with Crippen LogP contribution < -0.4 is 16.2 Å². The van der Waals surface area contributed by atoms with Crippen LogP contribution in [-0.4, -0.2) is 27.7 Å². The van der Waals surface area contributed by atoms with Crippen LogP contribution in [0.15, 0.2) is 78.0 Å². The topological polar surface area (TPSA) is 116 Å². The van der Waals surface area contributed by atoms with Gasteiger partial charge in [0.05, 0.1) is 11.0 Å². The van der Waals surface area contributed by atoms with Gasteiger partial charge in [0.15, 0.2) is 5.16 Å². The number of hydrogen-bond donors (Lipinski definition) is 4. The molecule has 0 saturated heterocycles. The Morgan fingerprint density at radius 1 is 0.824 bits per heavy atom. The minimum absolute atomic E-state index is 0.123. The molecule has 3 amide bonds. The molecular formula is C25H23N5O3S. The number of H-pyrrole nitrogens is 1. The Balaban J connectivity index is 1.26. The average Bonchev–Trinajstić information content (AvgIpc) is 3.28. The third kappa shape index (κ3) is 6.02. The molecule has 0 aliphatic rings. The summed E-state index contributed by atoms with van der Waals surface area (Å²) in [6.07, 6.45) is 0. The predicted molar refractivity (Wildman–Crippen MR) is 131 cm³/mol. The third-order valence-corrected chi connectivity index (χ3v) is 5.95. The first-order valence-electron chi connectivity index (χ1n) is 10.6. The van der Waals surface area contributed by atoms with Crippen LogP contribution in [0.25, 0.3) is 11.0 Å². The first-order chi connectivity index (χ1) is 16.5. The van der Waals surface area contributed by atoms with Crippen molar-refractivity contribution in [3.63, 3.8) is 0 Å². The quantitative estimate of drug-likeness (QED) is 0.242. The maximum absolute atomic E-state index is 12.4. The lowest BCUT2D eigenvalue weighted by molar-refractivity contribution is -0.119. The summed E-state index contributed by atoms with van der Waals surface area (Å²) in [5, 5.41) is 3.53. The molecule has 0 spiro atoms. The van der Waals surface area contributed by atoms with Gasteiger partial charge in [0.1, 0.15) is 0 Å². The van der Waals surface area contributed by atoms with Crippen molar-refractivity contribution in [2.75, 3.05) is 0 Å². The molecule has 0 aliphatic heterocycles. The number of fused-ring (bicyclic) bond motifs is 1. The first-order valence-corrected chi connectivity index (χ1v) is 11.6. The van der Waals surface area contributed by atoms with Crippen LogP contribution in [0.3, 0.4) is 0 Å². The van der Waals surface area contributed by atoms with E-state index in [1.165, 1.54) is 6.92 Å². The summed E-state index contributed by atoms with van der Waals surface area (Å²) in [7, 11) is 0. The highest BCUT2D eigenvalue weighted by atomic mass is 32.2. The van der Waals surface area contributed by atoms with Gasteiger partial charge in [-0.1, -0.05) is 48.2 Å². The van der Waals surface area contributed by atoms with Crippen molar-refractivity contribution >= 4 is 40.5 Å². The van der Waals surface area contributed by atoms with Gasteiger partial charge in [-0.05, 0) is 47.5 Å². The number of imidazole rings is 1. The fraction of sp³-hybridized carbons (Fsp3) is 0.120. The van der Waals surface area contributed by atoms with E-state index >= 15 is 0 Å². The van der Waals surface area contributed by atoms with Gasteiger partial charge < -0.3 is 10.3 Å². The van der Waals surface area contributed by atoms with Gasteiger partial charge in [-0.3, -0.25) is 25.2 Å². The Kier molecular flexibility index (Phi) is 7.24. The van der Waals surface area contributed by atoms with Gasteiger partial charge in [-0.2, -0.15) is 0 Å². The molecule has 4 aromatic rings. The fourth-order valence-corrected chi connectivity index (χ4v) is 4.00. The highest BCUT2D eigenvalue weighted by Gasteiger charge is 2.10. The van der Waals surface area contributed by atoms with Crippen LogP contribution in [0.1, 0.15) is 38.8 Å². The Labute approximate surface area is 200 Å². The number of carbonyl (C=O) groups excluding carboxylic acids is 3. The number of amides is 3. The molecular weight excluding hydrogens is 450 g/mol. The standard InChI is InChI=1S/C25H23N5O3S/c1-16(31)26-14-17-6-10-19(11-7-17)23(32)29-30-24(33)20-12-8-18(9-13-20)15-34-25-27-21-4-2-3-5-22(21)28-25/h2-13H,14-15H2,1H3,(H,26,31)(H,27,28)(H,29,32)(H,30,33). The minimum atomic E-state index is -0.432. The monoisotopic (exact) mass is 473 g/mol. The second-order valence-electron chi connectivity index (χ2n) is 7.56. The van der Waals surface area contributed by atoms with Crippen molar-refractivity contribution in [1.29, 1.82) is 0 Å². The van der Waals surface area contributed by atoms with Crippen LogP contribution in [0.2, 0.25) is 0 Å². The van der Waals surface area contributed by atoms with Crippen molar-refractivity contribution in [2.24, 2.45) is 0 Å². The van der Waals surface area contributed by atoms with Crippen LogP contribution >= 0.6 is 11.8 Å². The van der Waals surface area contributed by atoms with Crippen molar-refractivity contribution in [3.05, 3.63) is 95.1 Å². The molecule has 4 rings (SSSR count). The van der Waals surface area contributed by atoms with E-state index in [1.54, 1.807) is 48.2 Å². The van der Waals surface area contributed by atoms with Crippen LogP contribution in [0, 0.1) is 0 Å². The van der Waals surface area contributed by atoms with E-state index in [0.29, 0.717) is 23.4 Å². The molecule has 0 saturated carbocycles. The Bertz CT molecular complexity index is 1280. The summed E-state index contributed by atoms with van der Waals surface area (Å²) in [5.74, 6) is -0.260. The zero-order valence-corrected chi connectivity index (χ0v) is 19.2. The lowest BCUT2D eigenvalue weighted by Crippen LogP contribution is -2.41. The Morgan fingerprint density at radius 2 is 1.41 bits per heavy atom. The lowest BCUT2D eigenvalue weighted by Gasteiger charge is -2.09. The molecule has 1 heterocycles. The molecule has 0 bridgehead atoms. The molecule has 8 nitrogen and oxygen atoms in total. The molecule has 0 radical (unpaired) electrons. The fourth-order valence-electron chi connectivity index (χ4n) is 3.16. The molecule has 4 N–H and O–H groups in total. The van der Waals surface area contributed by atoms with E-state index in [2.05, 4.69) is 26.1 Å². The van der Waals surface area contributed by atoms with Crippen molar-refractivity contribution in [2.45, 2.75) is 24.4 Å². The third-order valence-electron chi connectivity index (χ3n) is 5.01. The van der Waals surface area contributed by atoms with Gasteiger partial charge >= 0.3 is 0 Å². The maximum atomic E-state index is 12.4. The Hall–Kier alpha value is -4.11. The van der Waals surface area contributed by atoms with E-state index in [-0.39, 0.29) is 5.91 Å². The van der Waals surface area contributed by atoms with Crippen molar-refractivity contribution in [1.82, 2.24) is 26.1 Å². The summed E-state index contributed by atoms with van der Waals surface area (Å²) in [6, 6.07) is 21.8. The summed E-state index contributed by atoms with van der Waals surface area (Å²) in [6.45, 7) is 1.83. The zero-order valence-electron chi connectivity index (χ0n) is 18.4. The van der Waals surface area contributed by atoms with E-state index in [1.807, 2.05) is 36.4 Å². The summed E-state index contributed by atoms with van der Waals surface area (Å²) in [5.41, 5.74) is 9.52. The molecule has 1 aromatic heterocycles. The second-order valence-corrected chi connectivity index (χ2v) is 8.52. The smallest absolute Gasteiger partial charge is 0.269 e. The number of hydrazine groups is 1. The molecule has 0 unspecified atom stereocenters. The number of thioether (sulfide) groups is 1. The molecule has 3 aromatic carbocycles. The number of nitrogens with zero attached hydrogens (tertiary/aromatic N) is 1. The SMILES string of the molecule is CC(=O)NCc1ccc(C(=O)NNC(=O)c2ccc(CSc3nc4ccccc4[nH]3)cc2)cc1. The van der Waals surface area contributed by atoms with Crippen molar-refractivity contribution < 1.29 is 14.4 Å². The first kappa shape index (κ1) is 23.1. The number of rotatable bonds is 7. The number of benzene rings is 3. The van der Waals surface area contributed by atoms with E-state index in [4.69, 9.17) is 0 Å². The summed E-state index contributed by atoms with van der Waals surface area (Å²) < 4.78 is 0. The second kappa shape index (κ2) is 10.7. The summed E-state index contributed by atoms with van der Waals surface area (Å²) in [4.78, 5) is 43.5. The number of aromatic nitrogens is 2. The average molecular weight is 474 g/mol. The largest absolute Gasteiger partial charge is 0.352 e. The molecule has 172 valence electrons. The number of carbonyl (C=O) groups is 3. The number of aromatic amines is 1. The summed E-state index contributed by atoms with van der Waals surface area (Å²) >= 11 is 1.59. The zero-order chi connectivity index (χ0) is 23.9. The van der Waals surface area contributed by atoms with Gasteiger partial charge in [-0.15, -0.1) is 0 Å². The molecule has 34 heavy (non-hydrogen) atoms. The maximum Gasteiger partial charge on any atom is 0.269 e. The predicted octanol–water partition coefficient (Wildman–Crippen LogP) is 3.57. The van der Waals surface area contributed by atoms with E-state index < -0.39 is 11.8 Å². The Morgan fingerprint density at radius 3 is 2.00 bits per heavy atom. The molecule has 0 fully saturated rings. The van der Waals surface area contributed by atoms with E-state index in [0.717, 1.165) is 27.3 Å². The van der Waals surface area contributed by atoms with Crippen molar-refractivity contribution in [3.8, 4) is 0 Å². The van der Waals surface area contributed by atoms with Gasteiger partial charge in [0.2, 0.25) is 5.91 Å². The van der Waals surface area contributed by atoms with Crippen LogP contribution in [0.4, 0.5) is 0 Å². The highest BCUT2D eigenvalue weighted by molar-refractivity contribution is 7.98. The normalized spacial score (nSPS) is 10.6. The van der Waals surface area contributed by atoms with Crippen LogP contribution in [-0.2, 0) is 17.1 Å². The van der Waals surface area contributed by atoms with E-state index in [9.17, 15) is 14.4 Å². The highest BCUT2D eigenvalue weighted by Crippen LogP contribution is 2.23. The number of para-hydroxylation sites is 2. The number of hydrogen-bond acceptors (Lipinski definition) is 5. The van der Waals surface area contributed by atoms with Gasteiger partial charge in [0, 0.05) is 30.3 Å². The van der Waals surface area contributed by atoms with Crippen LogP contribution in [0.5, 0.6) is 0 Å². The van der Waals surface area contributed by atoms with Gasteiger partial charge in [-0.25, -0.2) is 4.98 Å². The minimum Gasteiger partial charge on any atom is -0.352 e.